The summed E-state index contributed by atoms with van der Waals surface area (Å²) < 4.78 is 0. The Labute approximate surface area is 75.1 Å². The molecule has 1 fully saturated rings. The number of rotatable bonds is 3. The van der Waals surface area contributed by atoms with E-state index >= 15 is 0 Å². The lowest BCUT2D eigenvalue weighted by molar-refractivity contribution is -0.137. The summed E-state index contributed by atoms with van der Waals surface area (Å²) in [6.45, 7) is 1.56. The molecule has 0 bridgehead atoms. The van der Waals surface area contributed by atoms with Crippen molar-refractivity contribution in [2.45, 2.75) is 31.7 Å². The molecule has 1 saturated heterocycles. The quantitative estimate of drug-likeness (QED) is 0.591. The van der Waals surface area contributed by atoms with Crippen molar-refractivity contribution in [2.75, 3.05) is 0 Å². The van der Waals surface area contributed by atoms with E-state index in [4.69, 9.17) is 5.11 Å². The number of carbonyl (C=O) groups is 3. The number of carboxylic acid groups (broad SMARTS) is 1. The van der Waals surface area contributed by atoms with Crippen molar-refractivity contribution in [3.05, 3.63) is 0 Å². The third-order valence-corrected chi connectivity index (χ3v) is 2.19. The fraction of sp³-hybridized carbons (Fsp3) is 0.625. The SMILES string of the molecule is C[C@]1(CCC(=O)O)NC(=O)CC1=O. The Kier molecular flexibility index (Phi) is 2.36. The molecule has 0 aliphatic carbocycles. The number of carbonyl (C=O) groups excluding carboxylic acids is 2. The minimum Gasteiger partial charge on any atom is -0.481 e. The van der Waals surface area contributed by atoms with Crippen LogP contribution in [0.15, 0.2) is 0 Å². The van der Waals surface area contributed by atoms with Crippen molar-refractivity contribution in [3.63, 3.8) is 0 Å². The van der Waals surface area contributed by atoms with Crippen LogP contribution in [0.3, 0.4) is 0 Å². The van der Waals surface area contributed by atoms with E-state index in [1.165, 1.54) is 0 Å². The van der Waals surface area contributed by atoms with Crippen molar-refractivity contribution in [3.8, 4) is 0 Å². The predicted octanol–water partition coefficient (Wildman–Crippen LogP) is -0.301. The van der Waals surface area contributed by atoms with Gasteiger partial charge in [0, 0.05) is 6.42 Å². The highest BCUT2D eigenvalue weighted by atomic mass is 16.4. The number of hydrogen-bond donors (Lipinski definition) is 2. The molecule has 1 aliphatic rings. The maximum absolute atomic E-state index is 11.2. The zero-order valence-electron chi connectivity index (χ0n) is 7.29. The first kappa shape index (κ1) is 9.70. The molecule has 1 atom stereocenters. The van der Waals surface area contributed by atoms with E-state index in [0.29, 0.717) is 0 Å². The fourth-order valence-corrected chi connectivity index (χ4v) is 1.32. The summed E-state index contributed by atoms with van der Waals surface area (Å²) in [5.41, 5.74) is -0.963. The third-order valence-electron chi connectivity index (χ3n) is 2.19. The Hall–Kier alpha value is -1.39. The summed E-state index contributed by atoms with van der Waals surface area (Å²) in [5, 5.41) is 10.9. The summed E-state index contributed by atoms with van der Waals surface area (Å²) in [4.78, 5) is 32.3. The van der Waals surface area contributed by atoms with Crippen LogP contribution < -0.4 is 5.32 Å². The summed E-state index contributed by atoms with van der Waals surface area (Å²) >= 11 is 0. The van der Waals surface area contributed by atoms with Gasteiger partial charge in [0.1, 0.15) is 0 Å². The molecule has 13 heavy (non-hydrogen) atoms. The predicted molar refractivity (Wildman–Crippen MR) is 43.0 cm³/mol. The maximum atomic E-state index is 11.2. The van der Waals surface area contributed by atoms with Crippen LogP contribution in [0.4, 0.5) is 0 Å². The summed E-state index contributed by atoms with van der Waals surface area (Å²) in [7, 11) is 0. The molecule has 0 radical (unpaired) electrons. The molecule has 5 nitrogen and oxygen atoms in total. The monoisotopic (exact) mass is 185 g/mol. The topological polar surface area (TPSA) is 83.5 Å². The average molecular weight is 185 g/mol. The third kappa shape index (κ3) is 2.05. The lowest BCUT2D eigenvalue weighted by atomic mass is 9.93. The van der Waals surface area contributed by atoms with Gasteiger partial charge >= 0.3 is 5.97 Å². The lowest BCUT2D eigenvalue weighted by Gasteiger charge is -2.20. The van der Waals surface area contributed by atoms with Crippen molar-refractivity contribution >= 4 is 17.7 Å². The van der Waals surface area contributed by atoms with E-state index < -0.39 is 11.5 Å². The molecular weight excluding hydrogens is 174 g/mol. The Morgan fingerprint density at radius 3 is 2.62 bits per heavy atom. The highest BCUT2D eigenvalue weighted by Crippen LogP contribution is 2.20. The summed E-state index contributed by atoms with van der Waals surface area (Å²) in [5.74, 6) is -1.51. The minimum absolute atomic E-state index is 0.109. The van der Waals surface area contributed by atoms with Gasteiger partial charge in [-0.05, 0) is 13.3 Å². The normalized spacial score (nSPS) is 27.5. The molecule has 0 saturated carbocycles. The Bertz CT molecular complexity index is 273. The highest BCUT2D eigenvalue weighted by molar-refractivity contribution is 6.10. The molecule has 72 valence electrons. The van der Waals surface area contributed by atoms with Crippen molar-refractivity contribution in [1.82, 2.24) is 5.32 Å². The number of Topliss-reactive ketones (excluding diaryl/α,β-unsaturated/α-hetero) is 1. The van der Waals surface area contributed by atoms with Gasteiger partial charge in [0.15, 0.2) is 5.78 Å². The molecule has 0 unspecified atom stereocenters. The minimum atomic E-state index is -0.963. The second-order valence-electron chi connectivity index (χ2n) is 3.37. The van der Waals surface area contributed by atoms with E-state index in [0.717, 1.165) is 0 Å². The molecule has 0 aromatic rings. The zero-order valence-corrected chi connectivity index (χ0v) is 7.29. The number of nitrogens with one attached hydrogen (secondary N) is 1. The van der Waals surface area contributed by atoms with Gasteiger partial charge in [0.2, 0.25) is 5.91 Å². The van der Waals surface area contributed by atoms with Crippen LogP contribution in [-0.2, 0) is 14.4 Å². The van der Waals surface area contributed by atoms with Crippen molar-refractivity contribution in [1.29, 1.82) is 0 Å². The standard InChI is InChI=1S/C8H11NO4/c1-8(3-2-7(12)13)5(10)4-6(11)9-8/h2-4H2,1H3,(H,9,11)(H,12,13)/t8-/m1/s1. The van der Waals surface area contributed by atoms with Crippen LogP contribution in [0.25, 0.3) is 0 Å². The first-order chi connectivity index (χ1) is 5.94. The first-order valence-electron chi connectivity index (χ1n) is 4.00. The van der Waals surface area contributed by atoms with Gasteiger partial charge < -0.3 is 10.4 Å². The van der Waals surface area contributed by atoms with Gasteiger partial charge in [0.25, 0.3) is 0 Å². The number of ketones is 1. The van der Waals surface area contributed by atoms with E-state index in [1.807, 2.05) is 0 Å². The van der Waals surface area contributed by atoms with Crippen LogP contribution in [0.5, 0.6) is 0 Å². The summed E-state index contributed by atoms with van der Waals surface area (Å²) in [6, 6.07) is 0. The Morgan fingerprint density at radius 2 is 2.23 bits per heavy atom. The largest absolute Gasteiger partial charge is 0.481 e. The second-order valence-corrected chi connectivity index (χ2v) is 3.37. The molecule has 1 rings (SSSR count). The van der Waals surface area contributed by atoms with Crippen molar-refractivity contribution in [2.24, 2.45) is 0 Å². The van der Waals surface area contributed by atoms with Crippen LogP contribution >= 0.6 is 0 Å². The maximum Gasteiger partial charge on any atom is 0.303 e. The molecule has 1 heterocycles. The molecule has 1 amide bonds. The van der Waals surface area contributed by atoms with E-state index in [-0.39, 0.29) is 31.0 Å². The lowest BCUT2D eigenvalue weighted by Crippen LogP contribution is -2.43. The highest BCUT2D eigenvalue weighted by Gasteiger charge is 2.41. The summed E-state index contributed by atoms with van der Waals surface area (Å²) in [6.07, 6.45) is -0.0778. The number of hydrogen-bond acceptors (Lipinski definition) is 3. The fourth-order valence-electron chi connectivity index (χ4n) is 1.32. The number of carboxylic acids is 1. The second kappa shape index (κ2) is 3.16. The van der Waals surface area contributed by atoms with Gasteiger partial charge in [-0.25, -0.2) is 0 Å². The van der Waals surface area contributed by atoms with Gasteiger partial charge in [0.05, 0.1) is 12.0 Å². The van der Waals surface area contributed by atoms with Crippen LogP contribution in [0, 0.1) is 0 Å². The van der Waals surface area contributed by atoms with E-state index in [2.05, 4.69) is 5.32 Å². The van der Waals surface area contributed by atoms with Crippen LogP contribution in [0.1, 0.15) is 26.2 Å². The average Bonchev–Trinajstić information content (AvgIpc) is 2.23. The van der Waals surface area contributed by atoms with Gasteiger partial charge in [-0.2, -0.15) is 0 Å². The van der Waals surface area contributed by atoms with Gasteiger partial charge in [-0.15, -0.1) is 0 Å². The molecule has 0 aromatic heterocycles. The van der Waals surface area contributed by atoms with E-state index in [9.17, 15) is 14.4 Å². The van der Waals surface area contributed by atoms with E-state index in [1.54, 1.807) is 6.92 Å². The number of aliphatic carboxylic acids is 1. The molecule has 0 aromatic carbocycles. The molecule has 5 heteroatoms. The van der Waals surface area contributed by atoms with Gasteiger partial charge in [-0.1, -0.05) is 0 Å². The molecule has 2 N–H and O–H groups in total. The molecular formula is C8H11NO4. The Balaban J connectivity index is 2.60. The number of amides is 1. The molecule has 1 aliphatic heterocycles. The van der Waals surface area contributed by atoms with Gasteiger partial charge in [-0.3, -0.25) is 14.4 Å². The van der Waals surface area contributed by atoms with Crippen LogP contribution in [0.2, 0.25) is 0 Å². The van der Waals surface area contributed by atoms with Crippen LogP contribution in [-0.4, -0.2) is 28.3 Å². The molecule has 0 spiro atoms. The van der Waals surface area contributed by atoms with Crippen molar-refractivity contribution < 1.29 is 19.5 Å². The Morgan fingerprint density at radius 1 is 1.62 bits per heavy atom. The smallest absolute Gasteiger partial charge is 0.303 e. The first-order valence-corrected chi connectivity index (χ1v) is 4.00. The zero-order chi connectivity index (χ0) is 10.1.